The lowest BCUT2D eigenvalue weighted by Gasteiger charge is -2.23. The molecule has 0 heterocycles. The van der Waals surface area contributed by atoms with Crippen LogP contribution in [0.3, 0.4) is 0 Å². The predicted molar refractivity (Wildman–Crippen MR) is 80.2 cm³/mol. The van der Waals surface area contributed by atoms with Crippen molar-refractivity contribution in [2.45, 2.75) is 26.4 Å². The number of hydrogen-bond donors (Lipinski definition) is 1. The number of ether oxygens (including phenoxy) is 1. The van der Waals surface area contributed by atoms with Crippen molar-refractivity contribution in [2.24, 2.45) is 0 Å². The molecule has 0 spiro atoms. The molecule has 2 nitrogen and oxygen atoms in total. The number of benzene rings is 1. The van der Waals surface area contributed by atoms with Crippen LogP contribution in [0.5, 0.6) is 5.75 Å². The minimum absolute atomic E-state index is 0.451. The molecule has 0 bridgehead atoms. The topological polar surface area (TPSA) is 12.5 Å². The molecule has 18 heavy (non-hydrogen) atoms. The number of thiol groups is 1. The molecule has 0 fully saturated rings. The fourth-order valence-electron chi connectivity index (χ4n) is 1.47. The van der Waals surface area contributed by atoms with Gasteiger partial charge >= 0.3 is 0 Å². The molecule has 3 heteroatoms. The highest BCUT2D eigenvalue weighted by Crippen LogP contribution is 2.14. The Morgan fingerprint density at radius 1 is 1.33 bits per heavy atom. The van der Waals surface area contributed by atoms with Crippen molar-refractivity contribution in [1.82, 2.24) is 4.90 Å². The first kappa shape index (κ1) is 14.9. The Morgan fingerprint density at radius 3 is 2.56 bits per heavy atom. The molecular formula is C15H21NOS. The van der Waals surface area contributed by atoms with Crippen molar-refractivity contribution >= 4 is 12.6 Å². The first-order chi connectivity index (χ1) is 8.67. The summed E-state index contributed by atoms with van der Waals surface area (Å²) in [5.74, 6) is 7.42. The molecule has 1 atom stereocenters. The van der Waals surface area contributed by atoms with E-state index in [1.54, 1.807) is 0 Å². The van der Waals surface area contributed by atoms with Gasteiger partial charge in [-0.15, -0.1) is 5.92 Å². The molecule has 0 amide bonds. The fraction of sp³-hybridized carbons (Fsp3) is 0.467. The Morgan fingerprint density at radius 2 is 2.00 bits per heavy atom. The second-order valence-corrected chi connectivity index (χ2v) is 4.67. The maximum atomic E-state index is 5.48. The molecule has 1 rings (SSSR count). The van der Waals surface area contributed by atoms with Crippen LogP contribution in [0, 0.1) is 11.8 Å². The third kappa shape index (κ3) is 5.03. The minimum Gasteiger partial charge on any atom is -0.481 e. The van der Waals surface area contributed by atoms with Crippen LogP contribution in [0.1, 0.15) is 19.4 Å². The molecule has 0 radical (unpaired) electrons. The number of rotatable bonds is 6. The predicted octanol–water partition coefficient (Wildman–Crippen LogP) is 2.84. The number of hydrogen-bond acceptors (Lipinski definition) is 3. The number of nitrogens with zero attached hydrogens (tertiary/aromatic N) is 1. The van der Waals surface area contributed by atoms with Crippen LogP contribution in [0.4, 0.5) is 0 Å². The molecular weight excluding hydrogens is 242 g/mol. The van der Waals surface area contributed by atoms with E-state index in [9.17, 15) is 0 Å². The summed E-state index contributed by atoms with van der Waals surface area (Å²) < 4.78 is 5.48. The molecule has 0 aliphatic carbocycles. The molecule has 0 aromatic heterocycles. The van der Waals surface area contributed by atoms with Gasteiger partial charge in [-0.1, -0.05) is 18.1 Å². The van der Waals surface area contributed by atoms with Gasteiger partial charge in [0.05, 0.1) is 0 Å². The second kappa shape index (κ2) is 8.07. The van der Waals surface area contributed by atoms with Gasteiger partial charge in [-0.05, 0) is 38.6 Å². The van der Waals surface area contributed by atoms with Crippen LogP contribution in [0.15, 0.2) is 24.3 Å². The van der Waals surface area contributed by atoms with Crippen molar-refractivity contribution in [1.29, 1.82) is 0 Å². The SMILES string of the molecule is CC#CCOc1ccc(CN(C)C(C)CS)cc1. The summed E-state index contributed by atoms with van der Waals surface area (Å²) in [7, 11) is 2.11. The van der Waals surface area contributed by atoms with Crippen molar-refractivity contribution in [3.05, 3.63) is 29.8 Å². The largest absolute Gasteiger partial charge is 0.481 e. The van der Waals surface area contributed by atoms with E-state index in [0.29, 0.717) is 12.6 Å². The van der Waals surface area contributed by atoms with Crippen molar-refractivity contribution in [2.75, 3.05) is 19.4 Å². The van der Waals surface area contributed by atoms with Gasteiger partial charge in [0.2, 0.25) is 0 Å². The van der Waals surface area contributed by atoms with E-state index in [1.165, 1.54) is 5.56 Å². The first-order valence-corrected chi connectivity index (χ1v) is 6.73. The molecule has 1 unspecified atom stereocenters. The summed E-state index contributed by atoms with van der Waals surface area (Å²) in [6, 6.07) is 8.65. The van der Waals surface area contributed by atoms with Crippen LogP contribution < -0.4 is 4.74 Å². The van der Waals surface area contributed by atoms with E-state index in [4.69, 9.17) is 4.74 Å². The molecule has 0 aliphatic heterocycles. The lowest BCUT2D eigenvalue weighted by molar-refractivity contribution is 0.270. The highest BCUT2D eigenvalue weighted by Gasteiger charge is 2.07. The van der Waals surface area contributed by atoms with Crippen LogP contribution in [-0.4, -0.2) is 30.3 Å². The zero-order valence-corrected chi connectivity index (χ0v) is 12.2. The van der Waals surface area contributed by atoms with Crippen molar-refractivity contribution in [3.8, 4) is 17.6 Å². The zero-order valence-electron chi connectivity index (χ0n) is 11.3. The molecule has 0 aliphatic rings. The van der Waals surface area contributed by atoms with E-state index in [2.05, 4.69) is 55.5 Å². The third-order valence-corrected chi connectivity index (χ3v) is 3.39. The van der Waals surface area contributed by atoms with Gasteiger partial charge in [-0.3, -0.25) is 4.90 Å². The molecule has 0 saturated carbocycles. The summed E-state index contributed by atoms with van der Waals surface area (Å²) >= 11 is 4.31. The van der Waals surface area contributed by atoms with Crippen LogP contribution in [0.25, 0.3) is 0 Å². The maximum absolute atomic E-state index is 5.48. The molecule has 0 saturated heterocycles. The molecule has 98 valence electrons. The standard InChI is InChI=1S/C15H21NOS/c1-4-5-10-17-15-8-6-14(7-9-15)11-16(3)13(2)12-18/h6-9,13,18H,10-12H2,1-3H3. The van der Waals surface area contributed by atoms with Gasteiger partial charge in [-0.25, -0.2) is 0 Å². The highest BCUT2D eigenvalue weighted by atomic mass is 32.1. The summed E-state index contributed by atoms with van der Waals surface area (Å²) in [5.41, 5.74) is 1.28. The summed E-state index contributed by atoms with van der Waals surface area (Å²) in [4.78, 5) is 2.28. The average molecular weight is 263 g/mol. The molecule has 1 aromatic carbocycles. The van der Waals surface area contributed by atoms with E-state index in [1.807, 2.05) is 19.1 Å². The minimum atomic E-state index is 0.451. The monoisotopic (exact) mass is 263 g/mol. The van der Waals surface area contributed by atoms with Crippen LogP contribution in [-0.2, 0) is 6.54 Å². The quantitative estimate of drug-likeness (QED) is 0.626. The highest BCUT2D eigenvalue weighted by molar-refractivity contribution is 7.80. The van der Waals surface area contributed by atoms with Crippen LogP contribution in [0.2, 0.25) is 0 Å². The van der Waals surface area contributed by atoms with Crippen molar-refractivity contribution < 1.29 is 4.74 Å². The molecule has 1 aromatic rings. The smallest absolute Gasteiger partial charge is 0.149 e. The Kier molecular flexibility index (Phi) is 6.70. The fourth-order valence-corrected chi connectivity index (χ4v) is 1.74. The summed E-state index contributed by atoms with van der Waals surface area (Å²) in [6.45, 7) is 5.36. The Labute approximate surface area is 116 Å². The van der Waals surface area contributed by atoms with Gasteiger partial charge in [0, 0.05) is 18.3 Å². The Balaban J connectivity index is 2.51. The van der Waals surface area contributed by atoms with Crippen LogP contribution >= 0.6 is 12.6 Å². The van der Waals surface area contributed by atoms with Gasteiger partial charge < -0.3 is 4.74 Å². The van der Waals surface area contributed by atoms with Gasteiger partial charge in [0.1, 0.15) is 12.4 Å². The Hall–Kier alpha value is -1.11. The van der Waals surface area contributed by atoms with E-state index < -0.39 is 0 Å². The maximum Gasteiger partial charge on any atom is 0.149 e. The summed E-state index contributed by atoms with van der Waals surface area (Å²) in [5, 5.41) is 0. The second-order valence-electron chi connectivity index (χ2n) is 4.31. The first-order valence-electron chi connectivity index (χ1n) is 6.09. The molecule has 0 N–H and O–H groups in total. The van der Waals surface area contributed by atoms with E-state index >= 15 is 0 Å². The van der Waals surface area contributed by atoms with Gasteiger partial charge in [-0.2, -0.15) is 12.6 Å². The van der Waals surface area contributed by atoms with E-state index in [-0.39, 0.29) is 0 Å². The van der Waals surface area contributed by atoms with Gasteiger partial charge in [0.15, 0.2) is 0 Å². The van der Waals surface area contributed by atoms with E-state index in [0.717, 1.165) is 18.0 Å². The summed E-state index contributed by atoms with van der Waals surface area (Å²) in [6.07, 6.45) is 0. The Bertz CT molecular complexity index is 405. The lowest BCUT2D eigenvalue weighted by atomic mass is 10.2. The van der Waals surface area contributed by atoms with Crippen molar-refractivity contribution in [3.63, 3.8) is 0 Å². The third-order valence-electron chi connectivity index (χ3n) is 2.86. The van der Waals surface area contributed by atoms with Gasteiger partial charge in [0.25, 0.3) is 0 Å². The zero-order chi connectivity index (χ0) is 13.4. The average Bonchev–Trinajstić information content (AvgIpc) is 2.40. The lowest BCUT2D eigenvalue weighted by Crippen LogP contribution is -2.29. The normalized spacial score (nSPS) is 11.8.